The molecule has 0 radical (unpaired) electrons. The van der Waals surface area contributed by atoms with Gasteiger partial charge in [0.2, 0.25) is 0 Å². The predicted molar refractivity (Wildman–Crippen MR) is 128 cm³/mol. The molecule has 3 rings (SSSR count). The zero-order valence-corrected chi connectivity index (χ0v) is 19.7. The molecular weight excluding hydrogens is 398 g/mol. The first-order valence-corrected chi connectivity index (χ1v) is 11.2. The number of carbonyl (C=O) groups excluding carboxylic acids is 2. The second kappa shape index (κ2) is 9.30. The Morgan fingerprint density at radius 2 is 1.53 bits per heavy atom. The highest BCUT2D eigenvalue weighted by Crippen LogP contribution is 2.26. The zero-order valence-electron chi connectivity index (χ0n) is 19.7. The van der Waals surface area contributed by atoms with Crippen molar-refractivity contribution in [1.82, 2.24) is 4.90 Å². The number of benzene rings is 2. The Morgan fingerprint density at radius 3 is 2.09 bits per heavy atom. The van der Waals surface area contributed by atoms with Crippen LogP contribution in [0.25, 0.3) is 0 Å². The highest BCUT2D eigenvalue weighted by molar-refractivity contribution is 5.99. The van der Waals surface area contributed by atoms with Crippen molar-refractivity contribution in [2.45, 2.75) is 58.5 Å². The van der Waals surface area contributed by atoms with E-state index < -0.39 is 5.60 Å². The average Bonchev–Trinajstić information content (AvgIpc) is 2.76. The molecule has 1 aliphatic rings. The molecule has 1 unspecified atom stereocenters. The van der Waals surface area contributed by atoms with E-state index in [4.69, 9.17) is 0 Å². The third-order valence-electron chi connectivity index (χ3n) is 5.76. The van der Waals surface area contributed by atoms with Gasteiger partial charge in [0, 0.05) is 35.7 Å². The van der Waals surface area contributed by atoms with Gasteiger partial charge in [-0.2, -0.15) is 0 Å². The van der Waals surface area contributed by atoms with Gasteiger partial charge < -0.3 is 10.0 Å². The largest absolute Gasteiger partial charge is 0.378 e. The van der Waals surface area contributed by atoms with Crippen molar-refractivity contribution in [2.75, 3.05) is 13.1 Å². The molecule has 32 heavy (non-hydrogen) atoms. The Hall–Kier alpha value is -2.90. The lowest BCUT2D eigenvalue weighted by molar-refractivity contribution is 0.0637. The lowest BCUT2D eigenvalue weighted by Crippen LogP contribution is -2.42. The SMILES string of the molecule is CC(C)(O)C#Cc1ccc(C(=O)N2CCCC(C(=O)c3ccc(C(C)(C)C)cc3)C2)cc1. The molecule has 0 spiro atoms. The smallest absolute Gasteiger partial charge is 0.253 e. The minimum absolute atomic E-state index is 0.0467. The van der Waals surface area contributed by atoms with E-state index in [-0.39, 0.29) is 23.0 Å². The van der Waals surface area contributed by atoms with Crippen molar-refractivity contribution >= 4 is 11.7 Å². The van der Waals surface area contributed by atoms with Gasteiger partial charge in [0.15, 0.2) is 5.78 Å². The number of rotatable bonds is 3. The van der Waals surface area contributed by atoms with Gasteiger partial charge in [0.25, 0.3) is 5.91 Å². The van der Waals surface area contributed by atoms with Crippen LogP contribution in [0.1, 0.15) is 79.3 Å². The van der Waals surface area contributed by atoms with E-state index in [1.54, 1.807) is 43.0 Å². The first-order valence-electron chi connectivity index (χ1n) is 11.2. The van der Waals surface area contributed by atoms with Crippen LogP contribution < -0.4 is 0 Å². The van der Waals surface area contributed by atoms with Crippen LogP contribution in [-0.2, 0) is 5.41 Å². The maximum atomic E-state index is 13.1. The Labute approximate surface area is 191 Å². The molecule has 1 fully saturated rings. The minimum atomic E-state index is -1.06. The molecule has 2 aromatic carbocycles. The summed E-state index contributed by atoms with van der Waals surface area (Å²) in [6.07, 6.45) is 1.62. The topological polar surface area (TPSA) is 57.6 Å². The number of nitrogens with zero attached hydrogens (tertiary/aromatic N) is 1. The summed E-state index contributed by atoms with van der Waals surface area (Å²) < 4.78 is 0. The molecule has 4 nitrogen and oxygen atoms in total. The van der Waals surface area contributed by atoms with Gasteiger partial charge in [0.1, 0.15) is 5.60 Å². The van der Waals surface area contributed by atoms with Crippen LogP contribution in [0.3, 0.4) is 0 Å². The molecule has 1 atom stereocenters. The van der Waals surface area contributed by atoms with Gasteiger partial charge in [-0.3, -0.25) is 9.59 Å². The number of hydrogen-bond donors (Lipinski definition) is 1. The summed E-state index contributed by atoms with van der Waals surface area (Å²) in [5, 5.41) is 9.73. The van der Waals surface area contributed by atoms with Gasteiger partial charge in [-0.15, -0.1) is 0 Å². The summed E-state index contributed by atoms with van der Waals surface area (Å²) in [5.74, 6) is 5.56. The number of amides is 1. The lowest BCUT2D eigenvalue weighted by atomic mass is 9.85. The predicted octanol–water partition coefficient (Wildman–Crippen LogP) is 4.84. The fraction of sp³-hybridized carbons (Fsp3) is 0.429. The summed E-state index contributed by atoms with van der Waals surface area (Å²) in [4.78, 5) is 27.9. The molecule has 2 aromatic rings. The molecule has 0 aromatic heterocycles. The summed E-state index contributed by atoms with van der Waals surface area (Å²) in [6, 6.07) is 15.0. The second-order valence-corrected chi connectivity index (χ2v) is 10.2. The Kier molecular flexibility index (Phi) is 6.91. The van der Waals surface area contributed by atoms with Gasteiger partial charge >= 0.3 is 0 Å². The summed E-state index contributed by atoms with van der Waals surface area (Å²) in [7, 11) is 0. The van der Waals surface area contributed by atoms with Crippen LogP contribution in [-0.4, -0.2) is 40.4 Å². The third kappa shape index (κ3) is 6.08. The summed E-state index contributed by atoms with van der Waals surface area (Å²) >= 11 is 0. The number of piperidine rings is 1. The molecule has 4 heteroatoms. The Bertz CT molecular complexity index is 1030. The van der Waals surface area contributed by atoms with Crippen molar-refractivity contribution in [3.63, 3.8) is 0 Å². The fourth-order valence-electron chi connectivity index (χ4n) is 3.85. The van der Waals surface area contributed by atoms with Crippen LogP contribution in [0.4, 0.5) is 0 Å². The van der Waals surface area contributed by atoms with Gasteiger partial charge in [0.05, 0.1) is 0 Å². The third-order valence-corrected chi connectivity index (χ3v) is 5.76. The van der Waals surface area contributed by atoms with Crippen molar-refractivity contribution in [3.8, 4) is 11.8 Å². The summed E-state index contributed by atoms with van der Waals surface area (Å²) in [6.45, 7) is 10.8. The first-order chi connectivity index (χ1) is 14.9. The molecule has 1 saturated heterocycles. The maximum Gasteiger partial charge on any atom is 0.253 e. The van der Waals surface area contributed by atoms with E-state index in [0.29, 0.717) is 24.2 Å². The maximum absolute atomic E-state index is 13.1. The van der Waals surface area contributed by atoms with E-state index >= 15 is 0 Å². The van der Waals surface area contributed by atoms with E-state index in [1.165, 1.54) is 5.56 Å². The number of aliphatic hydroxyl groups is 1. The van der Waals surface area contributed by atoms with E-state index in [9.17, 15) is 14.7 Å². The molecule has 0 bridgehead atoms. The molecule has 1 N–H and O–H groups in total. The molecule has 168 valence electrons. The van der Waals surface area contributed by atoms with Gasteiger partial charge in [-0.25, -0.2) is 0 Å². The van der Waals surface area contributed by atoms with Crippen LogP contribution in [0.15, 0.2) is 48.5 Å². The number of likely N-dealkylation sites (tertiary alicyclic amines) is 1. The molecular formula is C28H33NO3. The van der Waals surface area contributed by atoms with Crippen LogP contribution in [0.2, 0.25) is 0 Å². The Morgan fingerprint density at radius 1 is 0.938 bits per heavy atom. The Balaban J connectivity index is 1.68. The van der Waals surface area contributed by atoms with Crippen LogP contribution >= 0.6 is 0 Å². The van der Waals surface area contributed by atoms with Crippen LogP contribution in [0, 0.1) is 17.8 Å². The van der Waals surface area contributed by atoms with E-state index in [1.807, 2.05) is 24.3 Å². The molecule has 1 aliphatic heterocycles. The van der Waals surface area contributed by atoms with Gasteiger partial charge in [-0.05, 0) is 61.9 Å². The molecule has 1 heterocycles. The van der Waals surface area contributed by atoms with Crippen LogP contribution in [0.5, 0.6) is 0 Å². The highest BCUT2D eigenvalue weighted by Gasteiger charge is 2.29. The number of ketones is 1. The number of hydrogen-bond acceptors (Lipinski definition) is 3. The standard InChI is InChI=1S/C28H33NO3/c1-27(2,3)24-14-12-21(13-15-24)25(30)23-7-6-18-29(19-23)26(31)22-10-8-20(9-11-22)16-17-28(4,5)32/h8-15,23,32H,6-7,18-19H2,1-5H3. The monoisotopic (exact) mass is 431 g/mol. The quantitative estimate of drug-likeness (QED) is 0.559. The van der Waals surface area contributed by atoms with Crippen molar-refractivity contribution in [3.05, 3.63) is 70.8 Å². The second-order valence-electron chi connectivity index (χ2n) is 10.2. The first kappa shape index (κ1) is 23.8. The normalized spacial score (nSPS) is 16.8. The van der Waals surface area contributed by atoms with Crippen molar-refractivity contribution in [1.29, 1.82) is 0 Å². The minimum Gasteiger partial charge on any atom is -0.378 e. The lowest BCUT2D eigenvalue weighted by Gasteiger charge is -2.32. The van der Waals surface area contributed by atoms with E-state index in [0.717, 1.165) is 18.4 Å². The van der Waals surface area contributed by atoms with Crippen molar-refractivity contribution < 1.29 is 14.7 Å². The summed E-state index contributed by atoms with van der Waals surface area (Å²) in [5.41, 5.74) is 2.23. The highest BCUT2D eigenvalue weighted by atomic mass is 16.3. The number of Topliss-reactive ketones (excluding diaryl/α,β-unsaturated/α-hetero) is 1. The molecule has 1 amide bonds. The van der Waals surface area contributed by atoms with E-state index in [2.05, 4.69) is 32.6 Å². The average molecular weight is 432 g/mol. The molecule has 0 saturated carbocycles. The van der Waals surface area contributed by atoms with Crippen molar-refractivity contribution in [2.24, 2.45) is 5.92 Å². The fourth-order valence-corrected chi connectivity index (χ4v) is 3.85. The van der Waals surface area contributed by atoms with Gasteiger partial charge in [-0.1, -0.05) is 56.9 Å². The zero-order chi connectivity index (χ0) is 23.5. The number of carbonyl (C=O) groups is 2. The molecule has 0 aliphatic carbocycles.